The van der Waals surface area contributed by atoms with Crippen molar-refractivity contribution in [1.29, 1.82) is 0 Å². The second-order valence-corrected chi connectivity index (χ2v) is 5.46. The average Bonchev–Trinajstić information content (AvgIpc) is 2.79. The number of benzene rings is 1. The molecule has 0 aliphatic rings. The third-order valence-electron chi connectivity index (χ3n) is 3.79. The summed E-state index contributed by atoms with van der Waals surface area (Å²) in [6, 6.07) is 10.3. The number of aryl methyl sites for hydroxylation is 2. The molecule has 0 unspecified atom stereocenters. The van der Waals surface area contributed by atoms with Crippen molar-refractivity contribution in [2.75, 3.05) is 7.05 Å². The predicted octanol–water partition coefficient (Wildman–Crippen LogP) is 3.47. The Morgan fingerprint density at radius 1 is 1.10 bits per heavy atom. The number of nitrogens with zero attached hydrogens (tertiary/aromatic N) is 3. The molecule has 0 saturated heterocycles. The molecule has 0 bridgehead atoms. The molecule has 2 aromatic heterocycles. The maximum atomic E-state index is 5.23. The molecule has 0 aliphatic heterocycles. The zero-order valence-corrected chi connectivity index (χ0v) is 12.6. The van der Waals surface area contributed by atoms with Crippen LogP contribution in [0, 0.1) is 13.8 Å². The van der Waals surface area contributed by atoms with Gasteiger partial charge in [0.1, 0.15) is 5.76 Å². The molecule has 4 nitrogen and oxygen atoms in total. The van der Waals surface area contributed by atoms with Crippen molar-refractivity contribution in [2.24, 2.45) is 0 Å². The molecule has 0 saturated carbocycles. The van der Waals surface area contributed by atoms with Crippen molar-refractivity contribution in [3.63, 3.8) is 0 Å². The van der Waals surface area contributed by atoms with E-state index >= 15 is 0 Å². The SMILES string of the molecule is Cc1noc(C)c1CN(C)Cc1ccnc2ccccc12. The third kappa shape index (κ3) is 2.81. The van der Waals surface area contributed by atoms with Gasteiger partial charge in [-0.25, -0.2) is 0 Å². The van der Waals surface area contributed by atoms with Crippen LogP contribution in [0.25, 0.3) is 10.9 Å². The number of para-hydroxylation sites is 1. The van der Waals surface area contributed by atoms with Gasteiger partial charge in [0.15, 0.2) is 0 Å². The number of hydrogen-bond donors (Lipinski definition) is 0. The molecule has 2 heterocycles. The second-order valence-electron chi connectivity index (χ2n) is 5.46. The quantitative estimate of drug-likeness (QED) is 0.734. The van der Waals surface area contributed by atoms with Gasteiger partial charge in [0.05, 0.1) is 11.2 Å². The molecular weight excluding hydrogens is 262 g/mol. The first-order chi connectivity index (χ1) is 10.1. The van der Waals surface area contributed by atoms with E-state index in [2.05, 4.69) is 40.3 Å². The van der Waals surface area contributed by atoms with E-state index in [0.29, 0.717) is 0 Å². The van der Waals surface area contributed by atoms with Gasteiger partial charge in [-0.3, -0.25) is 9.88 Å². The lowest BCUT2D eigenvalue weighted by Crippen LogP contribution is -2.18. The molecule has 0 radical (unpaired) electrons. The summed E-state index contributed by atoms with van der Waals surface area (Å²) in [5.74, 6) is 0.902. The van der Waals surface area contributed by atoms with Crippen LogP contribution in [0.5, 0.6) is 0 Å². The van der Waals surface area contributed by atoms with Gasteiger partial charge in [0.25, 0.3) is 0 Å². The summed E-state index contributed by atoms with van der Waals surface area (Å²) in [6.07, 6.45) is 1.88. The van der Waals surface area contributed by atoms with Crippen LogP contribution >= 0.6 is 0 Å². The van der Waals surface area contributed by atoms with Crippen molar-refractivity contribution in [2.45, 2.75) is 26.9 Å². The zero-order chi connectivity index (χ0) is 14.8. The molecule has 21 heavy (non-hydrogen) atoms. The largest absolute Gasteiger partial charge is 0.361 e. The van der Waals surface area contributed by atoms with E-state index in [4.69, 9.17) is 4.52 Å². The number of fused-ring (bicyclic) bond motifs is 1. The van der Waals surface area contributed by atoms with Crippen LogP contribution in [0.1, 0.15) is 22.6 Å². The fraction of sp³-hybridized carbons (Fsp3) is 0.294. The lowest BCUT2D eigenvalue weighted by Gasteiger charge is -2.17. The van der Waals surface area contributed by atoms with Gasteiger partial charge in [0.2, 0.25) is 0 Å². The summed E-state index contributed by atoms with van der Waals surface area (Å²) in [6.45, 7) is 5.65. The maximum Gasteiger partial charge on any atom is 0.138 e. The molecule has 0 amide bonds. The van der Waals surface area contributed by atoms with Gasteiger partial charge >= 0.3 is 0 Å². The predicted molar refractivity (Wildman–Crippen MR) is 82.9 cm³/mol. The first kappa shape index (κ1) is 13.8. The van der Waals surface area contributed by atoms with Crippen molar-refractivity contribution >= 4 is 10.9 Å². The molecule has 0 fully saturated rings. The normalized spacial score (nSPS) is 11.4. The van der Waals surface area contributed by atoms with Crippen LogP contribution in [-0.4, -0.2) is 22.1 Å². The van der Waals surface area contributed by atoms with Crippen molar-refractivity contribution in [1.82, 2.24) is 15.0 Å². The van der Waals surface area contributed by atoms with Crippen LogP contribution in [-0.2, 0) is 13.1 Å². The molecule has 3 aromatic rings. The van der Waals surface area contributed by atoms with Gasteiger partial charge in [-0.15, -0.1) is 0 Å². The van der Waals surface area contributed by atoms with Gasteiger partial charge in [-0.1, -0.05) is 23.4 Å². The highest BCUT2D eigenvalue weighted by molar-refractivity contribution is 5.81. The fourth-order valence-corrected chi connectivity index (χ4v) is 2.64. The van der Waals surface area contributed by atoms with E-state index < -0.39 is 0 Å². The molecule has 0 aliphatic carbocycles. The molecule has 0 atom stereocenters. The molecule has 0 spiro atoms. The minimum atomic E-state index is 0.831. The summed E-state index contributed by atoms with van der Waals surface area (Å²) in [4.78, 5) is 6.68. The first-order valence-electron chi connectivity index (χ1n) is 7.08. The van der Waals surface area contributed by atoms with Crippen LogP contribution in [0.15, 0.2) is 41.1 Å². The number of aromatic nitrogens is 2. The Morgan fingerprint density at radius 2 is 1.90 bits per heavy atom. The molecule has 108 valence electrons. The van der Waals surface area contributed by atoms with Crippen LogP contribution in [0.4, 0.5) is 0 Å². The van der Waals surface area contributed by atoms with Crippen molar-refractivity contribution in [3.8, 4) is 0 Å². The van der Waals surface area contributed by atoms with Crippen LogP contribution < -0.4 is 0 Å². The average molecular weight is 281 g/mol. The summed E-state index contributed by atoms with van der Waals surface area (Å²) in [5, 5.41) is 5.23. The van der Waals surface area contributed by atoms with E-state index in [-0.39, 0.29) is 0 Å². The summed E-state index contributed by atoms with van der Waals surface area (Å²) < 4.78 is 5.23. The van der Waals surface area contributed by atoms with Gasteiger partial charge in [0, 0.05) is 30.2 Å². The molecule has 4 heteroatoms. The van der Waals surface area contributed by atoms with Gasteiger partial charge in [-0.2, -0.15) is 0 Å². The topological polar surface area (TPSA) is 42.2 Å². The molecule has 0 N–H and O–H groups in total. The zero-order valence-electron chi connectivity index (χ0n) is 12.6. The van der Waals surface area contributed by atoms with Crippen LogP contribution in [0.3, 0.4) is 0 Å². The fourth-order valence-electron chi connectivity index (χ4n) is 2.64. The van der Waals surface area contributed by atoms with E-state index in [1.54, 1.807) is 0 Å². The number of pyridine rings is 1. The summed E-state index contributed by atoms with van der Waals surface area (Å²) in [5.41, 5.74) is 4.48. The Morgan fingerprint density at radius 3 is 2.67 bits per heavy atom. The Hall–Kier alpha value is -2.20. The van der Waals surface area contributed by atoms with E-state index in [0.717, 1.165) is 30.1 Å². The Balaban J connectivity index is 1.82. The highest BCUT2D eigenvalue weighted by atomic mass is 16.5. The van der Waals surface area contributed by atoms with Gasteiger partial charge in [-0.05, 0) is 38.6 Å². The summed E-state index contributed by atoms with van der Waals surface area (Å²) >= 11 is 0. The lowest BCUT2D eigenvalue weighted by molar-refractivity contribution is 0.316. The highest BCUT2D eigenvalue weighted by Gasteiger charge is 2.12. The van der Waals surface area contributed by atoms with Crippen molar-refractivity contribution in [3.05, 3.63) is 59.1 Å². The molecular formula is C17H19N3O. The Bertz CT molecular complexity index is 739. The lowest BCUT2D eigenvalue weighted by atomic mass is 10.1. The Labute approximate surface area is 124 Å². The van der Waals surface area contributed by atoms with E-state index in [1.165, 1.54) is 16.5 Å². The van der Waals surface area contributed by atoms with E-state index in [1.807, 2.05) is 32.2 Å². The first-order valence-corrected chi connectivity index (χ1v) is 7.08. The Kier molecular flexibility index (Phi) is 3.71. The van der Waals surface area contributed by atoms with Gasteiger partial charge < -0.3 is 4.52 Å². The second kappa shape index (κ2) is 5.66. The highest BCUT2D eigenvalue weighted by Crippen LogP contribution is 2.20. The minimum Gasteiger partial charge on any atom is -0.361 e. The standard InChI is InChI=1S/C17H19N3O/c1-12-16(13(2)21-19-12)11-20(3)10-14-8-9-18-17-7-5-4-6-15(14)17/h4-9H,10-11H2,1-3H3. The summed E-state index contributed by atoms with van der Waals surface area (Å²) in [7, 11) is 2.11. The van der Waals surface area contributed by atoms with E-state index in [9.17, 15) is 0 Å². The maximum absolute atomic E-state index is 5.23. The van der Waals surface area contributed by atoms with Crippen LogP contribution in [0.2, 0.25) is 0 Å². The number of rotatable bonds is 4. The smallest absolute Gasteiger partial charge is 0.138 e. The minimum absolute atomic E-state index is 0.831. The van der Waals surface area contributed by atoms with Crippen molar-refractivity contribution < 1.29 is 4.52 Å². The molecule has 1 aromatic carbocycles. The molecule has 3 rings (SSSR count). The monoisotopic (exact) mass is 281 g/mol. The number of hydrogen-bond acceptors (Lipinski definition) is 4. The third-order valence-corrected chi connectivity index (χ3v) is 3.79.